The molecule has 0 bridgehead atoms. The molecule has 0 radical (unpaired) electrons. The monoisotopic (exact) mass is 469 g/mol. The summed E-state index contributed by atoms with van der Waals surface area (Å²) in [5.41, 5.74) is 2.88. The number of rotatable bonds is 9. The first-order valence-corrected chi connectivity index (χ1v) is 11.4. The molecule has 2 aromatic carbocycles. The molecule has 0 spiro atoms. The van der Waals surface area contributed by atoms with E-state index in [4.69, 9.17) is 14.2 Å². The number of nitrogens with zero attached hydrogens (tertiary/aromatic N) is 1. The van der Waals surface area contributed by atoms with Crippen LogP contribution in [0.2, 0.25) is 0 Å². The molecule has 1 atom stereocenters. The van der Waals surface area contributed by atoms with Gasteiger partial charge in [0.05, 0.1) is 18.1 Å². The van der Waals surface area contributed by atoms with Crippen molar-refractivity contribution < 1.29 is 28.6 Å². The number of hydrogen-bond donors (Lipinski definition) is 0. The van der Waals surface area contributed by atoms with Gasteiger partial charge >= 0.3 is 5.97 Å². The fraction of sp³-hybridized carbons (Fsp3) is 0.320. The summed E-state index contributed by atoms with van der Waals surface area (Å²) in [6.07, 6.45) is 1.98. The van der Waals surface area contributed by atoms with Gasteiger partial charge in [0, 0.05) is 0 Å². The van der Waals surface area contributed by atoms with E-state index in [1.807, 2.05) is 38.1 Å². The van der Waals surface area contributed by atoms with Crippen LogP contribution in [-0.2, 0) is 20.9 Å². The van der Waals surface area contributed by atoms with E-state index >= 15 is 0 Å². The smallest absolute Gasteiger partial charge is 0.326 e. The summed E-state index contributed by atoms with van der Waals surface area (Å²) in [5, 5.41) is -0.502. The molecule has 0 N–H and O–H groups in total. The van der Waals surface area contributed by atoms with E-state index < -0.39 is 23.7 Å². The predicted molar refractivity (Wildman–Crippen MR) is 127 cm³/mol. The highest BCUT2D eigenvalue weighted by molar-refractivity contribution is 8.18. The minimum atomic E-state index is -0.607. The molecule has 2 amide bonds. The number of thioether (sulfide) groups is 1. The van der Waals surface area contributed by atoms with Crippen molar-refractivity contribution in [3.8, 4) is 11.5 Å². The quantitative estimate of drug-likeness (QED) is 0.379. The number of aryl methyl sites for hydroxylation is 1. The maximum Gasteiger partial charge on any atom is 0.326 e. The SMILES string of the molecule is CC[C@H](C)OC(=O)CN1C(=O)S/C(=C/c2ccc(OCc3ccc(C)cc3)c(OC)c2)C1=O. The Labute approximate surface area is 197 Å². The van der Waals surface area contributed by atoms with Gasteiger partial charge in [0.1, 0.15) is 13.2 Å². The van der Waals surface area contributed by atoms with E-state index in [0.29, 0.717) is 30.1 Å². The van der Waals surface area contributed by atoms with Crippen LogP contribution in [0, 0.1) is 6.92 Å². The number of carbonyl (C=O) groups is 3. The number of methoxy groups -OCH3 is 1. The molecule has 1 aliphatic heterocycles. The van der Waals surface area contributed by atoms with Crippen molar-refractivity contribution in [3.05, 3.63) is 64.1 Å². The molecule has 1 fully saturated rings. The lowest BCUT2D eigenvalue weighted by Gasteiger charge is -2.14. The van der Waals surface area contributed by atoms with Crippen LogP contribution in [0.15, 0.2) is 47.4 Å². The van der Waals surface area contributed by atoms with E-state index in [0.717, 1.165) is 22.2 Å². The van der Waals surface area contributed by atoms with Crippen LogP contribution in [0.4, 0.5) is 4.79 Å². The Balaban J connectivity index is 1.69. The molecule has 0 aromatic heterocycles. The standard InChI is InChI=1S/C25H27NO6S/c1-5-17(3)32-23(27)14-26-24(28)22(33-25(26)29)13-19-10-11-20(21(12-19)30-4)31-15-18-8-6-16(2)7-9-18/h6-13,17H,5,14-15H2,1-4H3/b22-13+/t17-/m0/s1. The van der Waals surface area contributed by atoms with Crippen LogP contribution in [0.1, 0.15) is 37.0 Å². The summed E-state index contributed by atoms with van der Waals surface area (Å²) >= 11 is 0.788. The van der Waals surface area contributed by atoms with Crippen molar-refractivity contribution >= 4 is 35.0 Å². The number of amides is 2. The first kappa shape index (κ1) is 24.4. The van der Waals surface area contributed by atoms with Gasteiger partial charge in [0.2, 0.25) is 0 Å². The van der Waals surface area contributed by atoms with Gasteiger partial charge < -0.3 is 14.2 Å². The molecule has 0 aliphatic carbocycles. The van der Waals surface area contributed by atoms with Crippen molar-refractivity contribution in [1.82, 2.24) is 4.90 Å². The van der Waals surface area contributed by atoms with Gasteiger partial charge in [-0.1, -0.05) is 42.8 Å². The van der Waals surface area contributed by atoms with E-state index in [2.05, 4.69) is 0 Å². The summed E-state index contributed by atoms with van der Waals surface area (Å²) in [5.74, 6) is -0.0576. The Hall–Kier alpha value is -3.26. The van der Waals surface area contributed by atoms with Gasteiger partial charge in [-0.15, -0.1) is 0 Å². The molecule has 2 aromatic rings. The second-order valence-electron chi connectivity index (χ2n) is 7.66. The van der Waals surface area contributed by atoms with E-state index in [1.165, 1.54) is 12.7 Å². The van der Waals surface area contributed by atoms with Gasteiger partial charge in [0.25, 0.3) is 11.1 Å². The first-order chi connectivity index (χ1) is 15.8. The molecule has 3 rings (SSSR count). The highest BCUT2D eigenvalue weighted by Crippen LogP contribution is 2.34. The second-order valence-corrected chi connectivity index (χ2v) is 8.65. The Morgan fingerprint density at radius 2 is 1.85 bits per heavy atom. The van der Waals surface area contributed by atoms with Crippen molar-refractivity contribution in [2.75, 3.05) is 13.7 Å². The lowest BCUT2D eigenvalue weighted by molar-refractivity contribution is -0.150. The third-order valence-corrected chi connectivity index (χ3v) is 5.98. The van der Waals surface area contributed by atoms with E-state index in [1.54, 1.807) is 31.2 Å². The maximum absolute atomic E-state index is 12.7. The minimum Gasteiger partial charge on any atom is -0.493 e. The van der Waals surface area contributed by atoms with Crippen molar-refractivity contribution in [2.45, 2.75) is 39.9 Å². The highest BCUT2D eigenvalue weighted by Gasteiger charge is 2.36. The predicted octanol–water partition coefficient (Wildman–Crippen LogP) is 4.96. The van der Waals surface area contributed by atoms with Crippen LogP contribution in [0.25, 0.3) is 6.08 Å². The van der Waals surface area contributed by atoms with Crippen molar-refractivity contribution in [2.24, 2.45) is 0 Å². The Bertz CT molecular complexity index is 1060. The van der Waals surface area contributed by atoms with Gasteiger partial charge in [-0.2, -0.15) is 0 Å². The lowest BCUT2D eigenvalue weighted by Crippen LogP contribution is -2.35. The molecule has 1 aliphatic rings. The number of ether oxygens (including phenoxy) is 3. The highest BCUT2D eigenvalue weighted by atomic mass is 32.2. The number of benzene rings is 2. The van der Waals surface area contributed by atoms with Gasteiger partial charge in [-0.25, -0.2) is 0 Å². The fourth-order valence-corrected chi connectivity index (χ4v) is 3.84. The van der Waals surface area contributed by atoms with E-state index in [-0.39, 0.29) is 11.0 Å². The topological polar surface area (TPSA) is 82.1 Å². The Morgan fingerprint density at radius 3 is 2.52 bits per heavy atom. The lowest BCUT2D eigenvalue weighted by atomic mass is 10.1. The number of carbonyl (C=O) groups excluding carboxylic acids is 3. The first-order valence-electron chi connectivity index (χ1n) is 10.6. The molecule has 174 valence electrons. The normalized spacial score (nSPS) is 15.6. The largest absolute Gasteiger partial charge is 0.493 e. The summed E-state index contributed by atoms with van der Waals surface area (Å²) in [6, 6.07) is 13.3. The molecule has 1 heterocycles. The zero-order chi connectivity index (χ0) is 24.0. The average molecular weight is 470 g/mol. The number of esters is 1. The molecule has 7 nitrogen and oxygen atoms in total. The van der Waals surface area contributed by atoms with E-state index in [9.17, 15) is 14.4 Å². The van der Waals surface area contributed by atoms with Crippen LogP contribution >= 0.6 is 11.8 Å². The molecule has 0 saturated carbocycles. The van der Waals surface area contributed by atoms with Crippen LogP contribution < -0.4 is 9.47 Å². The fourth-order valence-electron chi connectivity index (χ4n) is 3.00. The molecule has 1 saturated heterocycles. The molecule has 0 unspecified atom stereocenters. The molecular formula is C25H27NO6S. The summed E-state index contributed by atoms with van der Waals surface area (Å²) < 4.78 is 16.5. The third kappa shape index (κ3) is 6.38. The number of imide groups is 1. The summed E-state index contributed by atoms with van der Waals surface area (Å²) in [4.78, 5) is 38.1. The van der Waals surface area contributed by atoms with Gasteiger partial charge in [-0.3, -0.25) is 19.3 Å². The molecule has 33 heavy (non-hydrogen) atoms. The van der Waals surface area contributed by atoms with Crippen LogP contribution in [0.3, 0.4) is 0 Å². The van der Waals surface area contributed by atoms with Gasteiger partial charge in [-0.05, 0) is 61.4 Å². The summed E-state index contributed by atoms with van der Waals surface area (Å²) in [6.45, 7) is 5.66. The minimum absolute atomic E-state index is 0.228. The Morgan fingerprint density at radius 1 is 1.12 bits per heavy atom. The second kappa shape index (κ2) is 11.0. The van der Waals surface area contributed by atoms with Gasteiger partial charge in [0.15, 0.2) is 11.5 Å². The van der Waals surface area contributed by atoms with Crippen LogP contribution in [-0.4, -0.2) is 41.8 Å². The van der Waals surface area contributed by atoms with Crippen LogP contribution in [0.5, 0.6) is 11.5 Å². The maximum atomic E-state index is 12.7. The van der Waals surface area contributed by atoms with Crippen molar-refractivity contribution in [1.29, 1.82) is 0 Å². The summed E-state index contributed by atoms with van der Waals surface area (Å²) in [7, 11) is 1.54. The third-order valence-electron chi connectivity index (χ3n) is 5.07. The van der Waals surface area contributed by atoms with Crippen molar-refractivity contribution in [3.63, 3.8) is 0 Å². The molecule has 8 heteroatoms. The molecular weight excluding hydrogens is 442 g/mol. The zero-order valence-electron chi connectivity index (χ0n) is 19.1. The number of hydrogen-bond acceptors (Lipinski definition) is 7. The average Bonchev–Trinajstić information content (AvgIpc) is 3.06. The zero-order valence-corrected chi connectivity index (χ0v) is 19.9. The Kier molecular flexibility index (Phi) is 8.16.